The second-order valence-electron chi connectivity index (χ2n) is 2.61. The first-order valence-electron chi connectivity index (χ1n) is 3.67. The van der Waals surface area contributed by atoms with Gasteiger partial charge in [-0.3, -0.25) is 19.4 Å². The third-order valence-electron chi connectivity index (χ3n) is 1.42. The van der Waals surface area contributed by atoms with Crippen LogP contribution >= 0.6 is 0 Å². The number of carbonyl (C=O) groups is 2. The number of ketones is 1. The first-order valence-corrected chi connectivity index (χ1v) is 3.67. The number of rotatable bonds is 2. The first-order chi connectivity index (χ1) is 6.02. The van der Waals surface area contributed by atoms with Crippen molar-refractivity contribution in [1.29, 1.82) is 0 Å². The third kappa shape index (κ3) is 1.90. The quantitative estimate of drug-likeness (QED) is 0.504. The molecule has 0 radical (unpaired) electrons. The molecule has 1 aromatic rings. The van der Waals surface area contributed by atoms with Crippen LogP contribution in [0.3, 0.4) is 0 Å². The third-order valence-corrected chi connectivity index (χ3v) is 1.42. The molecule has 1 N–H and O–H groups in total. The highest BCUT2D eigenvalue weighted by Crippen LogP contribution is 2.09. The summed E-state index contributed by atoms with van der Waals surface area (Å²) in [7, 11) is 1.56. The molecule has 6 heteroatoms. The van der Waals surface area contributed by atoms with E-state index < -0.39 is 0 Å². The Kier molecular flexibility index (Phi) is 2.41. The van der Waals surface area contributed by atoms with Crippen LogP contribution in [0.1, 0.15) is 24.3 Å². The van der Waals surface area contributed by atoms with Gasteiger partial charge in [-0.2, -0.15) is 0 Å². The predicted molar refractivity (Wildman–Crippen MR) is 42.0 cm³/mol. The number of hydrogen-bond acceptors (Lipinski definition) is 4. The summed E-state index contributed by atoms with van der Waals surface area (Å²) in [6.07, 6.45) is 0. The zero-order valence-corrected chi connectivity index (χ0v) is 7.62. The molecule has 0 atom stereocenters. The maximum absolute atomic E-state index is 11.1. The summed E-state index contributed by atoms with van der Waals surface area (Å²) < 4.78 is 6.00. The Balaban J connectivity index is 3.07. The van der Waals surface area contributed by atoms with E-state index in [0.29, 0.717) is 0 Å². The lowest BCUT2D eigenvalue weighted by Crippen LogP contribution is -2.36. The molecule has 1 rings (SSSR count). The van der Waals surface area contributed by atoms with Crippen molar-refractivity contribution in [3.05, 3.63) is 5.69 Å². The zero-order chi connectivity index (χ0) is 10.0. The van der Waals surface area contributed by atoms with Crippen LogP contribution in [0.5, 0.6) is 0 Å². The van der Waals surface area contributed by atoms with Crippen molar-refractivity contribution in [3.8, 4) is 0 Å². The Hall–Kier alpha value is -1.72. The highest BCUT2D eigenvalue weighted by atomic mass is 16.5. The Bertz CT molecular complexity index is 356. The molecule has 0 bridgehead atoms. The lowest BCUT2D eigenvalue weighted by atomic mass is 10.3. The van der Waals surface area contributed by atoms with Gasteiger partial charge < -0.3 is 0 Å². The van der Waals surface area contributed by atoms with Crippen molar-refractivity contribution in [2.24, 2.45) is 7.05 Å². The lowest BCUT2D eigenvalue weighted by molar-refractivity contribution is -0.741. The second kappa shape index (κ2) is 3.34. The molecule has 0 aliphatic carbocycles. The molecule has 1 heterocycles. The number of carbonyl (C=O) groups excluding carboxylic acids is 2. The summed E-state index contributed by atoms with van der Waals surface area (Å²) in [6, 6.07) is 0. The monoisotopic (exact) mass is 184 g/mol. The van der Waals surface area contributed by atoms with Gasteiger partial charge in [0, 0.05) is 13.8 Å². The Morgan fingerprint density at radius 3 is 2.54 bits per heavy atom. The molecule has 0 saturated carbocycles. The van der Waals surface area contributed by atoms with Crippen molar-refractivity contribution in [2.45, 2.75) is 13.8 Å². The van der Waals surface area contributed by atoms with Crippen LogP contribution in [0.25, 0.3) is 0 Å². The topological polar surface area (TPSA) is 76.1 Å². The van der Waals surface area contributed by atoms with Crippen LogP contribution in [0.2, 0.25) is 0 Å². The fourth-order valence-electron chi connectivity index (χ4n) is 0.963. The molecule has 1 aromatic heterocycles. The number of amides is 1. The first kappa shape index (κ1) is 9.37. The largest absolute Gasteiger partial charge is 0.340 e. The highest BCUT2D eigenvalue weighted by Gasteiger charge is 2.26. The van der Waals surface area contributed by atoms with E-state index in [-0.39, 0.29) is 23.3 Å². The van der Waals surface area contributed by atoms with Gasteiger partial charge in [0.05, 0.1) is 0 Å². The minimum atomic E-state index is -0.306. The normalized spacial score (nSPS) is 9.77. The van der Waals surface area contributed by atoms with E-state index in [0.717, 1.165) is 0 Å². The number of hydrogen-bond donors (Lipinski definition) is 1. The van der Waals surface area contributed by atoms with Crippen molar-refractivity contribution < 1.29 is 18.8 Å². The van der Waals surface area contributed by atoms with E-state index in [9.17, 15) is 9.59 Å². The standard InChI is InChI=1S/C7H9N3O3/c1-4(11)6-7(8-5(2)12)13-9-10(6)3/h1-3H3/p+1. The molecule has 70 valence electrons. The minimum absolute atomic E-state index is 0.0856. The molecule has 0 aliphatic heterocycles. The second-order valence-corrected chi connectivity index (χ2v) is 2.61. The van der Waals surface area contributed by atoms with Crippen LogP contribution in [-0.2, 0) is 11.8 Å². The summed E-state index contributed by atoms with van der Waals surface area (Å²) in [4.78, 5) is 21.7. The number of nitrogens with one attached hydrogen (secondary N) is 1. The van der Waals surface area contributed by atoms with Crippen molar-refractivity contribution in [3.63, 3.8) is 0 Å². The molecule has 1 amide bonds. The zero-order valence-electron chi connectivity index (χ0n) is 7.62. The molecule has 6 nitrogen and oxygen atoms in total. The van der Waals surface area contributed by atoms with Crippen molar-refractivity contribution >= 4 is 17.6 Å². The van der Waals surface area contributed by atoms with Crippen LogP contribution < -0.4 is 10.00 Å². The maximum Gasteiger partial charge on any atom is 0.340 e. The summed E-state index contributed by atoms with van der Waals surface area (Å²) >= 11 is 0. The SMILES string of the molecule is CC(=O)Nc1on[n+](C)c1C(C)=O. The molecule has 13 heavy (non-hydrogen) atoms. The molecule has 0 spiro atoms. The van der Waals surface area contributed by atoms with Gasteiger partial charge in [-0.15, -0.1) is 0 Å². The van der Waals surface area contributed by atoms with E-state index in [1.165, 1.54) is 18.5 Å². The highest BCUT2D eigenvalue weighted by molar-refractivity contribution is 5.98. The van der Waals surface area contributed by atoms with E-state index in [1.807, 2.05) is 0 Å². The molecule has 0 saturated heterocycles. The van der Waals surface area contributed by atoms with E-state index in [4.69, 9.17) is 4.52 Å². The Labute approximate surface area is 74.5 Å². The molecular weight excluding hydrogens is 174 g/mol. The number of aromatic nitrogens is 2. The lowest BCUT2D eigenvalue weighted by Gasteiger charge is -1.91. The maximum atomic E-state index is 11.1. The van der Waals surface area contributed by atoms with Gasteiger partial charge in [-0.1, -0.05) is 0 Å². The van der Waals surface area contributed by atoms with Crippen LogP contribution in [-0.4, -0.2) is 17.0 Å². The minimum Gasteiger partial charge on any atom is -0.289 e. The summed E-state index contributed by atoms with van der Waals surface area (Å²) in [5.74, 6) is -0.436. The molecule has 0 fully saturated rings. The molecule has 0 aliphatic rings. The summed E-state index contributed by atoms with van der Waals surface area (Å²) in [6.45, 7) is 2.70. The number of nitrogens with zero attached hydrogens (tertiary/aromatic N) is 2. The average molecular weight is 184 g/mol. The van der Waals surface area contributed by atoms with E-state index >= 15 is 0 Å². The van der Waals surface area contributed by atoms with Crippen molar-refractivity contribution in [1.82, 2.24) is 5.27 Å². The van der Waals surface area contributed by atoms with Gasteiger partial charge in [0.1, 0.15) is 0 Å². The fourth-order valence-corrected chi connectivity index (χ4v) is 0.963. The average Bonchev–Trinajstić information content (AvgIpc) is 2.30. The van der Waals surface area contributed by atoms with E-state index in [2.05, 4.69) is 10.6 Å². The molecule has 0 unspecified atom stereocenters. The molecule has 0 aromatic carbocycles. The van der Waals surface area contributed by atoms with Gasteiger partial charge in [0.25, 0.3) is 0 Å². The Morgan fingerprint density at radius 2 is 2.08 bits per heavy atom. The van der Waals surface area contributed by atoms with Crippen molar-refractivity contribution in [2.75, 3.05) is 5.32 Å². The van der Waals surface area contributed by atoms with E-state index in [1.54, 1.807) is 7.05 Å². The van der Waals surface area contributed by atoms with Gasteiger partial charge in [0.15, 0.2) is 7.05 Å². The van der Waals surface area contributed by atoms with Gasteiger partial charge in [0.2, 0.25) is 17.0 Å². The number of anilines is 1. The summed E-state index contributed by atoms with van der Waals surface area (Å²) in [5.41, 5.74) is 0.246. The number of aryl methyl sites for hydroxylation is 1. The molecular formula is C7H10N3O3+. The summed E-state index contributed by atoms with van der Waals surface area (Å²) in [5, 5.41) is 5.86. The fraction of sp³-hybridized carbons (Fsp3) is 0.429. The predicted octanol–water partition coefficient (Wildman–Crippen LogP) is -0.340. The van der Waals surface area contributed by atoms with Crippen LogP contribution in [0.15, 0.2) is 4.52 Å². The van der Waals surface area contributed by atoms with Crippen LogP contribution in [0.4, 0.5) is 5.88 Å². The van der Waals surface area contributed by atoms with Crippen LogP contribution in [0, 0.1) is 0 Å². The Morgan fingerprint density at radius 1 is 1.46 bits per heavy atom. The number of Topliss-reactive ketones (excluding diaryl/α,β-unsaturated/α-hetero) is 1. The van der Waals surface area contributed by atoms with Gasteiger partial charge >= 0.3 is 11.6 Å². The smallest absolute Gasteiger partial charge is 0.289 e. The van der Waals surface area contributed by atoms with Gasteiger partial charge in [-0.25, -0.2) is 0 Å². The van der Waals surface area contributed by atoms with Gasteiger partial charge in [-0.05, 0) is 4.68 Å².